The van der Waals surface area contributed by atoms with Gasteiger partial charge in [-0.3, -0.25) is 19.2 Å². The molecule has 3 fully saturated rings. The molecule has 1 aromatic heterocycles. The summed E-state index contributed by atoms with van der Waals surface area (Å²) in [5, 5.41) is 29.0. The molecule has 2 saturated carbocycles. The predicted octanol–water partition coefficient (Wildman–Crippen LogP) is 1.43. The fraction of sp³-hybridized carbons (Fsp3) is 0.407. The number of Topliss-reactive ketones (excluding diaryl/α,β-unsaturated/α-hetero) is 1. The number of aliphatic hydroxyl groups excluding tert-OH is 1. The van der Waals surface area contributed by atoms with Crippen molar-refractivity contribution in [2.45, 2.75) is 108 Å². The summed E-state index contributed by atoms with van der Waals surface area (Å²) in [5.41, 5.74) is -7.33. The Labute approximate surface area is 433 Å². The Hall–Kier alpha value is -6.35. The van der Waals surface area contributed by atoms with E-state index in [0.29, 0.717) is 5.56 Å². The molecule has 0 spiro atoms. The molecule has 4 aromatic rings. The Morgan fingerprint density at radius 1 is 0.792 bits per heavy atom. The number of pyridine rings is 1. The van der Waals surface area contributed by atoms with E-state index in [1.807, 2.05) is 0 Å². The van der Waals surface area contributed by atoms with E-state index >= 15 is 9.59 Å². The van der Waals surface area contributed by atoms with E-state index in [2.05, 4.69) is 5.32 Å². The van der Waals surface area contributed by atoms with Crippen LogP contribution in [0.25, 0.3) is 0 Å². The minimum absolute atomic E-state index is 0. The molecule has 18 heteroatoms. The van der Waals surface area contributed by atoms with Gasteiger partial charge in [0, 0.05) is 43.7 Å². The molecule has 1 aliphatic heterocycles. The van der Waals surface area contributed by atoms with Crippen LogP contribution in [0.4, 0.5) is 0 Å². The number of aliphatic hydroxyl groups is 2. The molecule has 11 atom stereocenters. The average Bonchev–Trinajstić information content (AvgIpc) is 3.33. The van der Waals surface area contributed by atoms with Gasteiger partial charge in [-0.05, 0) is 60.9 Å². The van der Waals surface area contributed by atoms with Crippen molar-refractivity contribution in [2.75, 3.05) is 6.61 Å². The molecule has 380 valence electrons. The fourth-order valence-corrected chi connectivity index (χ4v) is 11.2. The molecule has 2 bridgehead atoms. The van der Waals surface area contributed by atoms with Crippen molar-refractivity contribution in [1.29, 1.82) is 0 Å². The number of hydrogen-bond donors (Lipinski definition) is 3. The van der Waals surface area contributed by atoms with Crippen molar-refractivity contribution in [3.63, 3.8) is 0 Å². The molecule has 3 N–H and O–H groups in total. The number of ether oxygens (including phenoxy) is 6. The average molecular weight is 1100 g/mol. The van der Waals surface area contributed by atoms with Gasteiger partial charge in [0.1, 0.15) is 42.6 Å². The number of amides is 1. The highest BCUT2D eigenvalue weighted by molar-refractivity contribution is 5.97. The van der Waals surface area contributed by atoms with Crippen LogP contribution in [0, 0.1) is 16.7 Å². The van der Waals surface area contributed by atoms with E-state index in [4.69, 9.17) is 28.4 Å². The zero-order valence-corrected chi connectivity index (χ0v) is 42.9. The number of hydrogen-bond acceptors (Lipinski definition) is 15. The lowest BCUT2D eigenvalue weighted by Crippen LogP contribution is -3.00. The van der Waals surface area contributed by atoms with Crippen LogP contribution >= 0.6 is 0 Å². The molecule has 72 heavy (non-hydrogen) atoms. The molecule has 4 unspecified atom stereocenters. The van der Waals surface area contributed by atoms with E-state index in [-0.39, 0.29) is 64.8 Å². The summed E-state index contributed by atoms with van der Waals surface area (Å²) < 4.78 is 38.6. The van der Waals surface area contributed by atoms with Crippen molar-refractivity contribution in [1.82, 2.24) is 5.32 Å². The minimum Gasteiger partial charge on any atom is -1.00 e. The topological polar surface area (TPSA) is 231 Å². The summed E-state index contributed by atoms with van der Waals surface area (Å²) in [4.78, 5) is 100. The number of halogens is 1. The molecule has 17 nitrogen and oxygen atoms in total. The summed E-state index contributed by atoms with van der Waals surface area (Å²) in [7, 11) is 1.68. The number of benzene rings is 3. The standard InChI is InChI=1S/C54H56N2O15.HI/c1-30-37(68-50(64)43(69-49(63)36-24-17-25-56(7)28-36)41(33-18-11-8-12-19-33)55-47(61)34-20-13-9-14-21-34)27-54(65)46(70-48(62)35-22-15-10-16-23-35)44-52(6,38(59)26-39-53(44,29-66-39)71-32(3)58)45(60)42(67-31(2)57)40(30)51(54,4)5;/h8-25,28,37-39,41-44,46,59,65H,26-27,29H2,1-7H3;1H/t37-,38-,39+,41?,42+,43?,44?,46-,52?,53-,54+;/m0./s1. The summed E-state index contributed by atoms with van der Waals surface area (Å²) in [6.07, 6.45) is -7.59. The monoisotopic (exact) mass is 1100 g/mol. The van der Waals surface area contributed by atoms with Crippen LogP contribution in [-0.2, 0) is 54.6 Å². The third-order valence-corrected chi connectivity index (χ3v) is 14.9. The Balaban J connectivity index is 0.00000760. The maximum Gasteiger partial charge on any atom is 0.350 e. The van der Waals surface area contributed by atoms with Gasteiger partial charge in [-0.2, -0.15) is 0 Å². The highest BCUT2D eigenvalue weighted by atomic mass is 127. The van der Waals surface area contributed by atoms with Gasteiger partial charge in [-0.1, -0.05) is 80.6 Å². The molecule has 3 aliphatic carbocycles. The molecule has 3 aromatic carbocycles. The van der Waals surface area contributed by atoms with Gasteiger partial charge in [-0.15, -0.1) is 0 Å². The first-order valence-corrected chi connectivity index (χ1v) is 23.3. The maximum absolute atomic E-state index is 15.7. The van der Waals surface area contributed by atoms with E-state index in [1.165, 1.54) is 38.2 Å². The summed E-state index contributed by atoms with van der Waals surface area (Å²) in [6, 6.07) is 25.9. The lowest BCUT2D eigenvalue weighted by Gasteiger charge is -2.67. The van der Waals surface area contributed by atoms with E-state index in [1.54, 1.807) is 117 Å². The fourth-order valence-electron chi connectivity index (χ4n) is 11.2. The Kier molecular flexibility index (Phi) is 15.3. The minimum atomic E-state index is -2.46. The van der Waals surface area contributed by atoms with Gasteiger partial charge < -0.3 is 67.9 Å². The van der Waals surface area contributed by atoms with E-state index in [0.717, 1.165) is 13.8 Å². The van der Waals surface area contributed by atoms with Crippen LogP contribution in [0.2, 0.25) is 0 Å². The van der Waals surface area contributed by atoms with Crippen LogP contribution in [-0.4, -0.2) is 106 Å². The van der Waals surface area contributed by atoms with Crippen molar-refractivity contribution in [3.05, 3.63) is 149 Å². The molecule has 4 aliphatic rings. The number of nitrogens with zero attached hydrogens (tertiary/aromatic N) is 1. The number of carbonyl (C=O) groups excluding carboxylic acids is 7. The summed E-state index contributed by atoms with van der Waals surface area (Å²) in [5.74, 6) is -7.95. The van der Waals surface area contributed by atoms with Gasteiger partial charge in [0.15, 0.2) is 29.9 Å². The first-order chi connectivity index (χ1) is 33.6. The second kappa shape index (κ2) is 20.6. The zero-order valence-electron chi connectivity index (χ0n) is 40.7. The predicted molar refractivity (Wildman–Crippen MR) is 249 cm³/mol. The van der Waals surface area contributed by atoms with Crippen LogP contribution in [0.5, 0.6) is 0 Å². The highest BCUT2D eigenvalue weighted by Gasteiger charge is 2.78. The number of ketones is 1. The second-order valence-corrected chi connectivity index (χ2v) is 19.5. The lowest BCUT2D eigenvalue weighted by atomic mass is 9.44. The van der Waals surface area contributed by atoms with Gasteiger partial charge in [0.25, 0.3) is 5.91 Å². The Bertz CT molecular complexity index is 2790. The normalized spacial score (nSPS) is 28.8. The molecular weight excluding hydrogens is 1040 g/mol. The van der Waals surface area contributed by atoms with Crippen molar-refractivity contribution >= 4 is 41.5 Å². The Morgan fingerprint density at radius 2 is 1.39 bits per heavy atom. The first kappa shape index (κ1) is 53.4. The zero-order chi connectivity index (χ0) is 51.2. The maximum atomic E-state index is 15.7. The smallest absolute Gasteiger partial charge is 0.350 e. The first-order valence-electron chi connectivity index (χ1n) is 23.3. The van der Waals surface area contributed by atoms with Crippen LogP contribution in [0.3, 0.4) is 0 Å². The molecule has 8 rings (SSSR count). The van der Waals surface area contributed by atoms with Crippen molar-refractivity contribution < 1.29 is 101 Å². The van der Waals surface area contributed by atoms with Gasteiger partial charge >= 0.3 is 29.8 Å². The molecule has 2 heterocycles. The van der Waals surface area contributed by atoms with E-state index < -0.39 is 119 Å². The molecule has 1 saturated heterocycles. The third kappa shape index (κ3) is 9.44. The number of fused-ring (bicyclic) bond motifs is 5. The largest absolute Gasteiger partial charge is 1.00 e. The van der Waals surface area contributed by atoms with Crippen molar-refractivity contribution in [3.8, 4) is 0 Å². The number of aromatic nitrogens is 1. The summed E-state index contributed by atoms with van der Waals surface area (Å²) in [6.45, 7) is 7.92. The number of aryl methyl sites for hydroxylation is 1. The molecular formula is C54H57IN2O15. The summed E-state index contributed by atoms with van der Waals surface area (Å²) >= 11 is 0. The van der Waals surface area contributed by atoms with Gasteiger partial charge in [-0.25, -0.2) is 19.0 Å². The number of nitrogens with one attached hydrogen (secondary N) is 1. The molecule has 1 amide bonds. The van der Waals surface area contributed by atoms with Gasteiger partial charge in [0.05, 0.1) is 29.6 Å². The number of carbonyl (C=O) groups is 7. The van der Waals surface area contributed by atoms with Crippen LogP contribution in [0.15, 0.2) is 127 Å². The number of esters is 5. The third-order valence-electron chi connectivity index (χ3n) is 14.9. The van der Waals surface area contributed by atoms with Crippen molar-refractivity contribution in [2.24, 2.45) is 23.8 Å². The number of rotatable bonds is 12. The second-order valence-electron chi connectivity index (χ2n) is 19.5. The van der Waals surface area contributed by atoms with Crippen LogP contribution < -0.4 is 33.9 Å². The molecule has 0 radical (unpaired) electrons. The van der Waals surface area contributed by atoms with E-state index in [9.17, 15) is 34.2 Å². The highest BCUT2D eigenvalue weighted by Crippen LogP contribution is 2.64. The quantitative estimate of drug-likeness (QED) is 0.0599. The lowest BCUT2D eigenvalue weighted by molar-refractivity contribution is -0.671. The SMILES string of the molecule is CC(=O)O[C@H]1C(=O)C2(C)C([C@H](OC(=O)c3ccccc3)[C@]3(O)C[C@H](OC(=O)C(OC(=O)c4ccc[n+](C)c4)C(NC(=O)c4ccccc4)c4ccccc4)C(C)=C1C3(C)C)[C@]1(OC(C)=O)CO[C@@H]1C[C@@H]2O.[I-]. The van der Waals surface area contributed by atoms with Gasteiger partial charge in [0.2, 0.25) is 6.10 Å². The Morgan fingerprint density at radius 3 is 1.96 bits per heavy atom. The van der Waals surface area contributed by atoms with Crippen LogP contribution in [0.1, 0.15) is 97.1 Å².